The van der Waals surface area contributed by atoms with Gasteiger partial charge in [0.2, 0.25) is 0 Å². The van der Waals surface area contributed by atoms with E-state index in [1.807, 2.05) is 18.4 Å². The second kappa shape index (κ2) is 11.5. The van der Waals surface area contributed by atoms with Gasteiger partial charge in [-0.3, -0.25) is 9.89 Å². The van der Waals surface area contributed by atoms with Gasteiger partial charge in [0, 0.05) is 57.7 Å². The van der Waals surface area contributed by atoms with Crippen LogP contribution in [-0.2, 0) is 17.7 Å². The maximum absolute atomic E-state index is 5.54. The molecule has 4 rings (SSSR count). The molecule has 5 nitrogen and oxygen atoms in total. The van der Waals surface area contributed by atoms with E-state index >= 15 is 0 Å². The SMILES string of the molecule is CN=C(NCC(c1ccccc1)N1CCc2sccc2C1)N(C)CC1CCOC1.I. The lowest BCUT2D eigenvalue weighted by molar-refractivity contribution is 0.177. The molecule has 1 N–H and O–H groups in total. The third-order valence-electron chi connectivity index (χ3n) is 6.05. The molecular formula is C23H33IN4OS. The van der Waals surface area contributed by atoms with Crippen molar-refractivity contribution in [2.75, 3.05) is 46.9 Å². The molecule has 0 spiro atoms. The molecule has 164 valence electrons. The van der Waals surface area contributed by atoms with E-state index in [4.69, 9.17) is 4.74 Å². The molecule has 7 heteroatoms. The Morgan fingerprint density at radius 3 is 2.90 bits per heavy atom. The Kier molecular flexibility index (Phi) is 8.98. The highest BCUT2D eigenvalue weighted by Crippen LogP contribution is 2.30. The Labute approximate surface area is 201 Å². The zero-order chi connectivity index (χ0) is 20.1. The third kappa shape index (κ3) is 5.75. The molecule has 2 aliphatic heterocycles. The lowest BCUT2D eigenvalue weighted by Gasteiger charge is -2.36. The monoisotopic (exact) mass is 540 g/mol. The lowest BCUT2D eigenvalue weighted by Crippen LogP contribution is -2.46. The second-order valence-corrected chi connectivity index (χ2v) is 9.05. The molecule has 30 heavy (non-hydrogen) atoms. The molecule has 0 amide bonds. The minimum absolute atomic E-state index is 0. The van der Waals surface area contributed by atoms with Crippen LogP contribution < -0.4 is 5.32 Å². The minimum Gasteiger partial charge on any atom is -0.381 e. The summed E-state index contributed by atoms with van der Waals surface area (Å²) < 4.78 is 5.54. The number of fused-ring (bicyclic) bond motifs is 1. The van der Waals surface area contributed by atoms with E-state index < -0.39 is 0 Å². The van der Waals surface area contributed by atoms with Gasteiger partial charge in [-0.2, -0.15) is 0 Å². The van der Waals surface area contributed by atoms with Crippen molar-refractivity contribution in [2.45, 2.75) is 25.4 Å². The van der Waals surface area contributed by atoms with Gasteiger partial charge < -0.3 is 15.0 Å². The lowest BCUT2D eigenvalue weighted by atomic mass is 10.0. The van der Waals surface area contributed by atoms with Crippen LogP contribution in [0.2, 0.25) is 0 Å². The van der Waals surface area contributed by atoms with Crippen molar-refractivity contribution in [1.29, 1.82) is 0 Å². The number of halogens is 1. The highest BCUT2D eigenvalue weighted by molar-refractivity contribution is 14.0. The molecule has 1 saturated heterocycles. The average molecular weight is 541 g/mol. The molecule has 0 bridgehead atoms. The summed E-state index contributed by atoms with van der Waals surface area (Å²) in [5.74, 6) is 1.56. The zero-order valence-electron chi connectivity index (χ0n) is 17.9. The first-order chi connectivity index (χ1) is 14.2. The third-order valence-corrected chi connectivity index (χ3v) is 7.07. The Bertz CT molecular complexity index is 807. The Balaban J connectivity index is 0.00000256. The van der Waals surface area contributed by atoms with E-state index in [0.717, 1.165) is 58.2 Å². The zero-order valence-corrected chi connectivity index (χ0v) is 21.1. The number of nitrogens with one attached hydrogen (secondary N) is 1. The standard InChI is InChI=1S/C23H32N4OS.HI/c1-24-23(26(2)15-18-9-12-28-17-18)25-14-21(19-6-4-3-5-7-19)27-11-8-22-20(16-27)10-13-29-22;/h3-7,10,13,18,21H,8-9,11-12,14-17H2,1-2H3,(H,24,25);1H. The van der Waals surface area contributed by atoms with Crippen LogP contribution >= 0.6 is 35.3 Å². The van der Waals surface area contributed by atoms with Crippen LogP contribution in [-0.4, -0.2) is 62.7 Å². The van der Waals surface area contributed by atoms with Crippen LogP contribution in [0.1, 0.15) is 28.5 Å². The maximum atomic E-state index is 5.54. The van der Waals surface area contributed by atoms with Gasteiger partial charge >= 0.3 is 0 Å². The van der Waals surface area contributed by atoms with Crippen LogP contribution in [0.4, 0.5) is 0 Å². The molecular weight excluding hydrogens is 507 g/mol. The molecule has 2 aromatic rings. The highest BCUT2D eigenvalue weighted by Gasteiger charge is 2.26. The molecule has 1 aromatic heterocycles. The molecule has 2 atom stereocenters. The van der Waals surface area contributed by atoms with Gasteiger partial charge in [0.15, 0.2) is 5.96 Å². The summed E-state index contributed by atoms with van der Waals surface area (Å²) in [6.07, 6.45) is 2.29. The summed E-state index contributed by atoms with van der Waals surface area (Å²) in [4.78, 5) is 10.9. The average Bonchev–Trinajstić information content (AvgIpc) is 3.43. The van der Waals surface area contributed by atoms with E-state index in [1.165, 1.54) is 11.1 Å². The molecule has 3 heterocycles. The van der Waals surface area contributed by atoms with Crippen molar-refractivity contribution in [3.63, 3.8) is 0 Å². The Morgan fingerprint density at radius 2 is 2.17 bits per heavy atom. The summed E-state index contributed by atoms with van der Waals surface area (Å²) in [5.41, 5.74) is 2.85. The predicted octanol–water partition coefficient (Wildman–Crippen LogP) is 4.01. The van der Waals surface area contributed by atoms with Crippen LogP contribution in [0, 0.1) is 5.92 Å². The smallest absolute Gasteiger partial charge is 0.193 e. The van der Waals surface area contributed by atoms with Crippen LogP contribution in [0.5, 0.6) is 0 Å². The van der Waals surface area contributed by atoms with Crippen molar-refractivity contribution in [1.82, 2.24) is 15.1 Å². The second-order valence-electron chi connectivity index (χ2n) is 8.05. The first kappa shape index (κ1) is 23.5. The van der Waals surface area contributed by atoms with Gasteiger partial charge in [0.1, 0.15) is 0 Å². The highest BCUT2D eigenvalue weighted by atomic mass is 127. The van der Waals surface area contributed by atoms with Crippen LogP contribution in [0.15, 0.2) is 46.8 Å². The molecule has 2 unspecified atom stereocenters. The van der Waals surface area contributed by atoms with Crippen molar-refractivity contribution < 1.29 is 4.74 Å². The van der Waals surface area contributed by atoms with E-state index in [2.05, 4.69) is 68.9 Å². The van der Waals surface area contributed by atoms with Gasteiger partial charge in [-0.25, -0.2) is 0 Å². The minimum atomic E-state index is 0. The predicted molar refractivity (Wildman–Crippen MR) is 136 cm³/mol. The number of rotatable bonds is 6. The first-order valence-electron chi connectivity index (χ1n) is 10.6. The largest absolute Gasteiger partial charge is 0.381 e. The number of ether oxygens (including phenoxy) is 1. The fraction of sp³-hybridized carbons (Fsp3) is 0.522. The van der Waals surface area contributed by atoms with Crippen molar-refractivity contribution in [2.24, 2.45) is 10.9 Å². The van der Waals surface area contributed by atoms with Gasteiger partial charge in [-0.1, -0.05) is 30.3 Å². The first-order valence-corrected chi connectivity index (χ1v) is 11.5. The maximum Gasteiger partial charge on any atom is 0.193 e. The fourth-order valence-corrected chi connectivity index (χ4v) is 5.33. The van der Waals surface area contributed by atoms with Crippen molar-refractivity contribution in [3.8, 4) is 0 Å². The molecule has 2 aliphatic rings. The van der Waals surface area contributed by atoms with Gasteiger partial charge in [0.05, 0.1) is 12.6 Å². The van der Waals surface area contributed by atoms with Gasteiger partial charge in [0.25, 0.3) is 0 Å². The fourth-order valence-electron chi connectivity index (χ4n) is 4.44. The Hall–Kier alpha value is -1.16. The summed E-state index contributed by atoms with van der Waals surface area (Å²) in [7, 11) is 4.00. The van der Waals surface area contributed by atoms with E-state index in [1.54, 1.807) is 4.88 Å². The summed E-state index contributed by atoms with van der Waals surface area (Å²) in [6, 6.07) is 13.5. The van der Waals surface area contributed by atoms with Crippen molar-refractivity contribution >= 4 is 41.3 Å². The number of nitrogens with zero attached hydrogens (tertiary/aromatic N) is 3. The Morgan fingerprint density at radius 1 is 1.33 bits per heavy atom. The summed E-state index contributed by atoms with van der Waals surface area (Å²) >= 11 is 1.90. The molecule has 0 saturated carbocycles. The van der Waals surface area contributed by atoms with E-state index in [-0.39, 0.29) is 24.0 Å². The number of hydrogen-bond acceptors (Lipinski definition) is 4. The number of guanidine groups is 1. The summed E-state index contributed by atoms with van der Waals surface area (Å²) in [6.45, 7) is 5.71. The van der Waals surface area contributed by atoms with E-state index in [0.29, 0.717) is 12.0 Å². The van der Waals surface area contributed by atoms with E-state index in [9.17, 15) is 0 Å². The van der Waals surface area contributed by atoms with Crippen molar-refractivity contribution in [3.05, 3.63) is 57.8 Å². The van der Waals surface area contributed by atoms with Gasteiger partial charge in [-0.15, -0.1) is 35.3 Å². The number of thiophene rings is 1. The number of aliphatic imine (C=N–C) groups is 1. The number of hydrogen-bond donors (Lipinski definition) is 1. The van der Waals surface area contributed by atoms with Gasteiger partial charge in [-0.05, 0) is 35.4 Å². The normalized spacial score (nSPS) is 20.3. The molecule has 0 aliphatic carbocycles. The quantitative estimate of drug-likeness (QED) is 0.342. The van der Waals surface area contributed by atoms with Crippen LogP contribution in [0.25, 0.3) is 0 Å². The van der Waals surface area contributed by atoms with Crippen LogP contribution in [0.3, 0.4) is 0 Å². The summed E-state index contributed by atoms with van der Waals surface area (Å²) in [5, 5.41) is 5.88. The molecule has 1 fully saturated rings. The molecule has 1 aromatic carbocycles. The molecule has 0 radical (unpaired) electrons. The topological polar surface area (TPSA) is 40.1 Å². The number of benzene rings is 1.